The summed E-state index contributed by atoms with van der Waals surface area (Å²) in [5.41, 5.74) is 3.05. The molecule has 0 aliphatic carbocycles. The number of halogens is 1. The molecule has 17 heavy (non-hydrogen) atoms. The molecule has 1 aromatic carbocycles. The van der Waals surface area contributed by atoms with Gasteiger partial charge in [-0.15, -0.1) is 0 Å². The summed E-state index contributed by atoms with van der Waals surface area (Å²) >= 11 is 0. The normalized spacial score (nSPS) is 10.1. The number of rotatable bonds is 3. The number of anilines is 1. The minimum Gasteiger partial charge on any atom is -0.439 e. The quantitative estimate of drug-likeness (QED) is 0.627. The van der Waals surface area contributed by atoms with E-state index in [2.05, 4.69) is 15.4 Å². The van der Waals surface area contributed by atoms with Crippen LogP contribution < -0.4 is 16.0 Å². The first-order valence-corrected chi connectivity index (χ1v) is 4.93. The molecule has 5 nitrogen and oxygen atoms in total. The summed E-state index contributed by atoms with van der Waals surface area (Å²) in [6, 6.07) is 7.31. The van der Waals surface area contributed by atoms with Crippen molar-refractivity contribution in [2.75, 3.05) is 5.43 Å². The molecule has 1 heterocycles. The van der Waals surface area contributed by atoms with E-state index in [-0.39, 0.29) is 11.8 Å². The van der Waals surface area contributed by atoms with Crippen LogP contribution in [0.15, 0.2) is 30.3 Å². The molecule has 0 spiro atoms. The number of hydrogen-bond donors (Lipinski definition) is 2. The molecule has 0 saturated carbocycles. The van der Waals surface area contributed by atoms with E-state index in [1.807, 2.05) is 0 Å². The van der Waals surface area contributed by atoms with Gasteiger partial charge in [0.15, 0.2) is 0 Å². The molecule has 3 N–H and O–H groups in total. The van der Waals surface area contributed by atoms with Crippen molar-refractivity contribution in [1.82, 2.24) is 9.97 Å². The van der Waals surface area contributed by atoms with E-state index in [1.54, 1.807) is 13.0 Å². The zero-order valence-corrected chi connectivity index (χ0v) is 9.14. The molecular formula is C11H11FN4O. The minimum absolute atomic E-state index is 0.266. The minimum atomic E-state index is -0.319. The maximum atomic E-state index is 12.7. The predicted molar refractivity (Wildman–Crippen MR) is 61.1 cm³/mol. The second-order valence-corrected chi connectivity index (χ2v) is 3.37. The Hall–Kier alpha value is -2.21. The Labute approximate surface area is 97.4 Å². The number of hydrazine groups is 1. The lowest BCUT2D eigenvalue weighted by Gasteiger charge is -2.06. The van der Waals surface area contributed by atoms with Gasteiger partial charge < -0.3 is 4.74 Å². The van der Waals surface area contributed by atoms with Crippen LogP contribution in [0.5, 0.6) is 11.6 Å². The number of nitrogen functional groups attached to an aromatic ring is 1. The number of ether oxygens (including phenoxy) is 1. The third kappa shape index (κ3) is 2.88. The average Bonchev–Trinajstić information content (AvgIpc) is 2.31. The number of benzene rings is 1. The highest BCUT2D eigenvalue weighted by Crippen LogP contribution is 2.20. The van der Waals surface area contributed by atoms with E-state index in [0.29, 0.717) is 17.3 Å². The summed E-state index contributed by atoms with van der Waals surface area (Å²) in [4.78, 5) is 8.03. The molecule has 2 rings (SSSR count). The van der Waals surface area contributed by atoms with Gasteiger partial charge in [-0.1, -0.05) is 0 Å². The smallest absolute Gasteiger partial charge is 0.240 e. The van der Waals surface area contributed by atoms with Crippen LogP contribution in [0.2, 0.25) is 0 Å². The summed E-state index contributed by atoms with van der Waals surface area (Å²) in [7, 11) is 0. The molecule has 0 saturated heterocycles. The average molecular weight is 234 g/mol. The number of aryl methyl sites for hydroxylation is 1. The van der Waals surface area contributed by atoms with Crippen LogP contribution in [-0.4, -0.2) is 9.97 Å². The summed E-state index contributed by atoms with van der Waals surface area (Å²) in [5.74, 6) is 6.01. The van der Waals surface area contributed by atoms with E-state index in [1.165, 1.54) is 24.3 Å². The fourth-order valence-corrected chi connectivity index (χ4v) is 1.28. The highest BCUT2D eigenvalue weighted by molar-refractivity contribution is 5.32. The lowest BCUT2D eigenvalue weighted by molar-refractivity contribution is 0.460. The van der Waals surface area contributed by atoms with Gasteiger partial charge in [-0.3, -0.25) is 5.43 Å². The molecule has 2 aromatic rings. The maximum absolute atomic E-state index is 12.7. The molecular weight excluding hydrogens is 223 g/mol. The van der Waals surface area contributed by atoms with Gasteiger partial charge in [0.25, 0.3) is 0 Å². The molecule has 6 heteroatoms. The molecule has 0 unspecified atom stereocenters. The van der Waals surface area contributed by atoms with E-state index < -0.39 is 0 Å². The van der Waals surface area contributed by atoms with Gasteiger partial charge in [0.1, 0.15) is 11.6 Å². The van der Waals surface area contributed by atoms with E-state index in [9.17, 15) is 4.39 Å². The van der Waals surface area contributed by atoms with Crippen molar-refractivity contribution in [3.8, 4) is 11.6 Å². The Kier molecular flexibility index (Phi) is 3.15. The van der Waals surface area contributed by atoms with E-state index in [0.717, 1.165) is 0 Å². The van der Waals surface area contributed by atoms with Gasteiger partial charge in [-0.05, 0) is 31.2 Å². The first-order chi connectivity index (χ1) is 8.17. The molecule has 0 aliphatic heterocycles. The maximum Gasteiger partial charge on any atom is 0.240 e. The highest BCUT2D eigenvalue weighted by atomic mass is 19.1. The Morgan fingerprint density at radius 1 is 1.24 bits per heavy atom. The van der Waals surface area contributed by atoms with Crippen molar-refractivity contribution >= 4 is 5.95 Å². The fourth-order valence-electron chi connectivity index (χ4n) is 1.28. The number of nitrogens with zero attached hydrogens (tertiary/aromatic N) is 2. The molecule has 88 valence electrons. The molecule has 0 radical (unpaired) electrons. The van der Waals surface area contributed by atoms with Crippen LogP contribution in [0.3, 0.4) is 0 Å². The highest BCUT2D eigenvalue weighted by Gasteiger charge is 2.03. The van der Waals surface area contributed by atoms with E-state index >= 15 is 0 Å². The van der Waals surface area contributed by atoms with Gasteiger partial charge in [0.2, 0.25) is 11.8 Å². The van der Waals surface area contributed by atoms with Crippen molar-refractivity contribution < 1.29 is 9.13 Å². The molecule has 0 amide bonds. The van der Waals surface area contributed by atoms with Crippen LogP contribution in [0.1, 0.15) is 5.69 Å². The zero-order valence-electron chi connectivity index (χ0n) is 9.14. The third-order valence-corrected chi connectivity index (χ3v) is 2.00. The monoisotopic (exact) mass is 234 g/mol. The Bertz CT molecular complexity index is 515. The van der Waals surface area contributed by atoms with Crippen LogP contribution in [-0.2, 0) is 0 Å². The topological polar surface area (TPSA) is 73.1 Å². The molecule has 0 bridgehead atoms. The third-order valence-electron chi connectivity index (χ3n) is 2.00. The molecule has 0 fully saturated rings. The fraction of sp³-hybridized carbons (Fsp3) is 0.0909. The second kappa shape index (κ2) is 4.75. The van der Waals surface area contributed by atoms with Gasteiger partial charge in [0, 0.05) is 11.8 Å². The number of nitrogens with two attached hydrogens (primary N) is 1. The van der Waals surface area contributed by atoms with Crippen molar-refractivity contribution in [3.63, 3.8) is 0 Å². The zero-order chi connectivity index (χ0) is 12.3. The summed E-state index contributed by atoms with van der Waals surface area (Å²) in [6.07, 6.45) is 0. The van der Waals surface area contributed by atoms with Gasteiger partial charge in [-0.2, -0.15) is 4.98 Å². The van der Waals surface area contributed by atoms with Crippen LogP contribution in [0, 0.1) is 12.7 Å². The van der Waals surface area contributed by atoms with Gasteiger partial charge in [-0.25, -0.2) is 15.2 Å². The predicted octanol–water partition coefficient (Wildman–Crippen LogP) is 2.00. The molecule has 0 aliphatic rings. The van der Waals surface area contributed by atoms with Gasteiger partial charge >= 0.3 is 0 Å². The molecule has 0 atom stereocenters. The standard InChI is InChI=1S/C11H11FN4O/c1-7-6-10(15-11(14-7)16-13)17-9-4-2-8(12)3-5-9/h2-6H,13H2,1H3,(H,14,15,16). The first-order valence-electron chi connectivity index (χ1n) is 4.93. The second-order valence-electron chi connectivity index (χ2n) is 3.37. The van der Waals surface area contributed by atoms with Crippen molar-refractivity contribution in [2.24, 2.45) is 5.84 Å². The van der Waals surface area contributed by atoms with Crippen LogP contribution in [0.25, 0.3) is 0 Å². The number of hydrogen-bond acceptors (Lipinski definition) is 5. The van der Waals surface area contributed by atoms with E-state index in [4.69, 9.17) is 10.6 Å². The number of nitrogens with one attached hydrogen (secondary N) is 1. The first kappa shape index (κ1) is 11.3. The Morgan fingerprint density at radius 3 is 2.59 bits per heavy atom. The number of aromatic nitrogens is 2. The summed E-state index contributed by atoms with van der Waals surface area (Å²) in [6.45, 7) is 1.79. The van der Waals surface area contributed by atoms with Crippen molar-refractivity contribution in [1.29, 1.82) is 0 Å². The van der Waals surface area contributed by atoms with Crippen molar-refractivity contribution in [3.05, 3.63) is 41.8 Å². The summed E-state index contributed by atoms with van der Waals surface area (Å²) < 4.78 is 18.1. The molecule has 1 aromatic heterocycles. The SMILES string of the molecule is Cc1cc(Oc2ccc(F)cc2)nc(NN)n1. The van der Waals surface area contributed by atoms with Crippen LogP contribution in [0.4, 0.5) is 10.3 Å². The van der Waals surface area contributed by atoms with Gasteiger partial charge in [0.05, 0.1) is 0 Å². The van der Waals surface area contributed by atoms with Crippen LogP contribution >= 0.6 is 0 Å². The Balaban J connectivity index is 2.23. The summed E-state index contributed by atoms with van der Waals surface area (Å²) in [5, 5.41) is 0. The lowest BCUT2D eigenvalue weighted by Crippen LogP contribution is -2.11. The Morgan fingerprint density at radius 2 is 1.94 bits per heavy atom. The van der Waals surface area contributed by atoms with Crippen molar-refractivity contribution in [2.45, 2.75) is 6.92 Å². The largest absolute Gasteiger partial charge is 0.439 e. The lowest BCUT2D eigenvalue weighted by atomic mass is 10.3.